The van der Waals surface area contributed by atoms with Crippen LogP contribution in [0.3, 0.4) is 0 Å². The summed E-state index contributed by atoms with van der Waals surface area (Å²) >= 11 is 0. The molecule has 1 aromatic heterocycles. The number of nitrogens with one attached hydrogen (secondary N) is 2. The van der Waals surface area contributed by atoms with Crippen LogP contribution in [0.25, 0.3) is 0 Å². The van der Waals surface area contributed by atoms with E-state index in [0.717, 1.165) is 4.57 Å². The van der Waals surface area contributed by atoms with Gasteiger partial charge in [0.15, 0.2) is 6.23 Å². The van der Waals surface area contributed by atoms with E-state index in [2.05, 4.69) is 16.9 Å². The van der Waals surface area contributed by atoms with Crippen LogP contribution in [0.1, 0.15) is 6.23 Å². The number of hydrogen-bond acceptors (Lipinski definition) is 7. The van der Waals surface area contributed by atoms with Gasteiger partial charge in [-0.05, 0) is 0 Å². The lowest BCUT2D eigenvalue weighted by atomic mass is 10.1. The van der Waals surface area contributed by atoms with Gasteiger partial charge in [-0.25, -0.2) is 4.79 Å². The number of rotatable bonds is 5. The Morgan fingerprint density at radius 2 is 2.14 bits per heavy atom. The summed E-state index contributed by atoms with van der Waals surface area (Å²) < 4.78 is 6.20. The molecule has 21 heavy (non-hydrogen) atoms. The van der Waals surface area contributed by atoms with Crippen LogP contribution in [0.2, 0.25) is 0 Å². The number of aromatic amines is 1. The summed E-state index contributed by atoms with van der Waals surface area (Å²) in [5.41, 5.74) is -1.32. The zero-order valence-electron chi connectivity index (χ0n) is 11.1. The van der Waals surface area contributed by atoms with Crippen LogP contribution < -0.4 is 16.6 Å². The van der Waals surface area contributed by atoms with Crippen LogP contribution in [0.4, 0.5) is 5.69 Å². The SMILES string of the molecule is C=CCNc1cn([C@H]2O[C@@H](CO)C(O)C2O)c(=O)[nH]c1=O. The third kappa shape index (κ3) is 2.90. The lowest BCUT2D eigenvalue weighted by molar-refractivity contribution is -0.0549. The summed E-state index contributed by atoms with van der Waals surface area (Å²) in [5, 5.41) is 31.4. The van der Waals surface area contributed by atoms with Crippen molar-refractivity contribution in [3.8, 4) is 0 Å². The average Bonchev–Trinajstić information content (AvgIpc) is 2.74. The summed E-state index contributed by atoms with van der Waals surface area (Å²) in [6.45, 7) is 3.29. The van der Waals surface area contributed by atoms with Gasteiger partial charge >= 0.3 is 5.69 Å². The van der Waals surface area contributed by atoms with Crippen molar-refractivity contribution in [1.82, 2.24) is 9.55 Å². The van der Waals surface area contributed by atoms with Crippen LogP contribution in [-0.4, -0.2) is 56.3 Å². The van der Waals surface area contributed by atoms with E-state index >= 15 is 0 Å². The van der Waals surface area contributed by atoms with Crippen molar-refractivity contribution in [2.24, 2.45) is 0 Å². The molecule has 2 unspecified atom stereocenters. The topological polar surface area (TPSA) is 137 Å². The summed E-state index contributed by atoms with van der Waals surface area (Å²) in [6.07, 6.45) is -2.23. The lowest BCUT2D eigenvalue weighted by Gasteiger charge is -2.18. The summed E-state index contributed by atoms with van der Waals surface area (Å²) in [7, 11) is 0. The third-order valence-corrected chi connectivity index (χ3v) is 3.20. The molecule has 0 radical (unpaired) electrons. The van der Waals surface area contributed by atoms with Gasteiger partial charge in [-0.2, -0.15) is 0 Å². The third-order valence-electron chi connectivity index (χ3n) is 3.20. The fourth-order valence-corrected chi connectivity index (χ4v) is 2.09. The van der Waals surface area contributed by atoms with Crippen molar-refractivity contribution in [1.29, 1.82) is 0 Å². The second kappa shape index (κ2) is 6.22. The Labute approximate surface area is 119 Å². The van der Waals surface area contributed by atoms with E-state index in [1.807, 2.05) is 0 Å². The molecule has 1 saturated heterocycles. The van der Waals surface area contributed by atoms with Gasteiger partial charge in [0.05, 0.1) is 6.61 Å². The van der Waals surface area contributed by atoms with E-state index in [-0.39, 0.29) is 5.69 Å². The maximum atomic E-state index is 11.8. The van der Waals surface area contributed by atoms with Crippen molar-refractivity contribution < 1.29 is 20.1 Å². The molecule has 0 aromatic carbocycles. The van der Waals surface area contributed by atoms with Crippen molar-refractivity contribution >= 4 is 5.69 Å². The molecule has 0 bridgehead atoms. The summed E-state index contributed by atoms with van der Waals surface area (Å²) in [4.78, 5) is 25.5. The van der Waals surface area contributed by atoms with E-state index in [9.17, 15) is 19.8 Å². The second-order valence-corrected chi connectivity index (χ2v) is 4.61. The van der Waals surface area contributed by atoms with E-state index in [4.69, 9.17) is 9.84 Å². The summed E-state index contributed by atoms with van der Waals surface area (Å²) in [6, 6.07) is 0. The maximum Gasteiger partial charge on any atom is 0.330 e. The zero-order chi connectivity index (χ0) is 15.6. The zero-order valence-corrected chi connectivity index (χ0v) is 11.1. The first-order valence-electron chi connectivity index (χ1n) is 6.32. The van der Waals surface area contributed by atoms with Crippen molar-refractivity contribution in [2.75, 3.05) is 18.5 Å². The van der Waals surface area contributed by atoms with Gasteiger partial charge in [0.25, 0.3) is 5.56 Å². The van der Waals surface area contributed by atoms with Crippen LogP contribution >= 0.6 is 0 Å². The minimum absolute atomic E-state index is 0.0900. The first kappa shape index (κ1) is 15.4. The molecule has 4 atom stereocenters. The van der Waals surface area contributed by atoms with Crippen molar-refractivity contribution in [3.63, 3.8) is 0 Å². The van der Waals surface area contributed by atoms with Crippen LogP contribution in [-0.2, 0) is 4.74 Å². The predicted molar refractivity (Wildman–Crippen MR) is 73.0 cm³/mol. The Bertz CT molecular complexity index is 624. The molecule has 1 aliphatic heterocycles. The maximum absolute atomic E-state index is 11.8. The largest absolute Gasteiger partial charge is 0.394 e. The minimum atomic E-state index is -1.40. The van der Waals surface area contributed by atoms with Gasteiger partial charge in [-0.15, -0.1) is 6.58 Å². The Kier molecular flexibility index (Phi) is 4.58. The van der Waals surface area contributed by atoms with Gasteiger partial charge in [-0.3, -0.25) is 14.3 Å². The number of ether oxygens (including phenoxy) is 1. The quantitative estimate of drug-likeness (QED) is 0.387. The molecule has 2 rings (SSSR count). The monoisotopic (exact) mass is 299 g/mol. The number of nitrogens with zero attached hydrogens (tertiary/aromatic N) is 1. The fraction of sp³-hybridized carbons (Fsp3) is 0.500. The highest BCUT2D eigenvalue weighted by atomic mass is 16.6. The normalized spacial score (nSPS) is 28.5. The molecular formula is C12H17N3O6. The van der Waals surface area contributed by atoms with Crippen LogP contribution in [0, 0.1) is 0 Å². The van der Waals surface area contributed by atoms with Crippen molar-refractivity contribution in [3.05, 3.63) is 39.7 Å². The van der Waals surface area contributed by atoms with E-state index in [1.54, 1.807) is 0 Å². The second-order valence-electron chi connectivity index (χ2n) is 4.61. The molecule has 9 nitrogen and oxygen atoms in total. The Morgan fingerprint density at radius 3 is 2.71 bits per heavy atom. The number of H-pyrrole nitrogens is 1. The molecule has 2 heterocycles. The van der Waals surface area contributed by atoms with E-state index in [1.165, 1.54) is 12.3 Å². The number of aliphatic hydroxyl groups is 3. The molecule has 1 aromatic rings. The number of anilines is 1. The molecule has 0 amide bonds. The first-order chi connectivity index (χ1) is 9.99. The molecule has 5 N–H and O–H groups in total. The fourth-order valence-electron chi connectivity index (χ4n) is 2.09. The van der Waals surface area contributed by atoms with Gasteiger partial charge in [0, 0.05) is 12.7 Å². The lowest BCUT2D eigenvalue weighted by Crippen LogP contribution is -2.38. The summed E-state index contributed by atoms with van der Waals surface area (Å²) in [5.74, 6) is 0. The molecule has 1 aliphatic rings. The highest BCUT2D eigenvalue weighted by Crippen LogP contribution is 2.28. The van der Waals surface area contributed by atoms with E-state index in [0.29, 0.717) is 6.54 Å². The molecular weight excluding hydrogens is 282 g/mol. The first-order valence-corrected chi connectivity index (χ1v) is 6.32. The smallest absolute Gasteiger partial charge is 0.330 e. The van der Waals surface area contributed by atoms with Gasteiger partial charge in [0.1, 0.15) is 24.0 Å². The van der Waals surface area contributed by atoms with Crippen molar-refractivity contribution in [2.45, 2.75) is 24.5 Å². The number of hydrogen-bond donors (Lipinski definition) is 5. The number of aromatic nitrogens is 2. The Morgan fingerprint density at radius 1 is 1.43 bits per heavy atom. The Balaban J connectivity index is 2.37. The molecule has 116 valence electrons. The highest BCUT2D eigenvalue weighted by Gasteiger charge is 2.43. The standard InChI is InChI=1S/C12H17N3O6/c1-2-3-13-6-4-15(12(20)14-10(6)19)11-9(18)8(17)7(5-16)21-11/h2,4,7-9,11,13,16-18H,1,3,5H2,(H,14,19,20)/t7-,8?,9?,11-/m0/s1. The van der Waals surface area contributed by atoms with E-state index < -0.39 is 42.4 Å². The van der Waals surface area contributed by atoms with Crippen LogP contribution in [0.15, 0.2) is 28.4 Å². The molecule has 9 heteroatoms. The van der Waals surface area contributed by atoms with Gasteiger partial charge < -0.3 is 25.4 Å². The molecule has 0 aliphatic carbocycles. The van der Waals surface area contributed by atoms with Crippen LogP contribution in [0.5, 0.6) is 0 Å². The molecule has 0 saturated carbocycles. The number of aliphatic hydroxyl groups excluding tert-OH is 3. The average molecular weight is 299 g/mol. The van der Waals surface area contributed by atoms with Gasteiger partial charge in [-0.1, -0.05) is 6.08 Å². The van der Waals surface area contributed by atoms with Gasteiger partial charge in [0.2, 0.25) is 0 Å². The minimum Gasteiger partial charge on any atom is -0.394 e. The predicted octanol–water partition coefficient (Wildman–Crippen LogP) is -2.25. The molecule has 0 spiro atoms. The molecule has 1 fully saturated rings. The Hall–Kier alpha value is -1.94. The highest BCUT2D eigenvalue weighted by molar-refractivity contribution is 5.38.